The zero-order chi connectivity index (χ0) is 23.1. The van der Waals surface area contributed by atoms with Crippen LogP contribution in [-0.2, 0) is 17.8 Å². The van der Waals surface area contributed by atoms with Crippen LogP contribution in [0.2, 0.25) is 10.0 Å². The van der Waals surface area contributed by atoms with Gasteiger partial charge in [0.25, 0.3) is 5.91 Å². The fraction of sp³-hybridized carbons (Fsp3) is 0.280. The van der Waals surface area contributed by atoms with Crippen molar-refractivity contribution >= 4 is 35.0 Å². The average molecular weight is 473 g/mol. The highest BCUT2D eigenvalue weighted by molar-refractivity contribution is 6.42. The van der Waals surface area contributed by atoms with Gasteiger partial charge in [-0.1, -0.05) is 53.5 Å². The van der Waals surface area contributed by atoms with Crippen LogP contribution in [0.1, 0.15) is 35.5 Å². The van der Waals surface area contributed by atoms with Crippen molar-refractivity contribution in [3.8, 4) is 0 Å². The number of furan rings is 1. The fourth-order valence-corrected chi connectivity index (χ4v) is 3.62. The molecule has 0 aliphatic carbocycles. The van der Waals surface area contributed by atoms with E-state index in [1.807, 2.05) is 50.2 Å². The molecule has 0 bridgehead atoms. The number of amides is 2. The summed E-state index contributed by atoms with van der Waals surface area (Å²) in [7, 11) is 0. The Morgan fingerprint density at radius 3 is 2.34 bits per heavy atom. The van der Waals surface area contributed by atoms with Gasteiger partial charge in [0.05, 0.1) is 22.9 Å². The third kappa shape index (κ3) is 6.38. The van der Waals surface area contributed by atoms with Crippen molar-refractivity contribution in [2.45, 2.75) is 32.9 Å². The smallest absolute Gasteiger partial charge is 0.254 e. The summed E-state index contributed by atoms with van der Waals surface area (Å²) in [5.41, 5.74) is 1.53. The van der Waals surface area contributed by atoms with Crippen LogP contribution in [-0.4, -0.2) is 40.7 Å². The Balaban J connectivity index is 1.76. The minimum atomic E-state index is -0.270. The Kier molecular flexibility index (Phi) is 8.37. The van der Waals surface area contributed by atoms with Gasteiger partial charge in [0.15, 0.2) is 0 Å². The molecule has 0 spiro atoms. The first-order chi connectivity index (χ1) is 15.3. The number of hydrogen-bond donors (Lipinski definition) is 0. The predicted molar refractivity (Wildman–Crippen MR) is 127 cm³/mol. The highest BCUT2D eigenvalue weighted by atomic mass is 35.5. The molecule has 0 saturated carbocycles. The van der Waals surface area contributed by atoms with Gasteiger partial charge in [-0.3, -0.25) is 9.59 Å². The topological polar surface area (TPSA) is 53.8 Å². The standard InChI is InChI=1S/C25H26Cl2N2O3/c1-18(2)29(25(31)20-10-11-22(26)23(27)15-20)17-24(30)28(16-21-9-6-14-32-21)13-12-19-7-4-3-5-8-19/h3-11,14-15,18H,12-13,16-17H2,1-2H3. The highest BCUT2D eigenvalue weighted by Gasteiger charge is 2.25. The van der Waals surface area contributed by atoms with E-state index in [1.54, 1.807) is 34.3 Å². The Bertz CT molecular complexity index is 1040. The molecule has 7 heteroatoms. The summed E-state index contributed by atoms with van der Waals surface area (Å²) < 4.78 is 5.46. The van der Waals surface area contributed by atoms with E-state index in [-0.39, 0.29) is 24.4 Å². The molecular weight excluding hydrogens is 447 g/mol. The van der Waals surface area contributed by atoms with Gasteiger partial charge >= 0.3 is 0 Å². The molecule has 0 atom stereocenters. The van der Waals surface area contributed by atoms with Crippen LogP contribution in [0, 0.1) is 0 Å². The lowest BCUT2D eigenvalue weighted by atomic mass is 10.1. The second-order valence-electron chi connectivity index (χ2n) is 7.79. The monoisotopic (exact) mass is 472 g/mol. The van der Waals surface area contributed by atoms with Crippen LogP contribution in [0.3, 0.4) is 0 Å². The third-order valence-electron chi connectivity index (χ3n) is 5.15. The molecule has 168 valence electrons. The second-order valence-corrected chi connectivity index (χ2v) is 8.60. The van der Waals surface area contributed by atoms with Crippen LogP contribution in [0.25, 0.3) is 0 Å². The lowest BCUT2D eigenvalue weighted by Gasteiger charge is -2.30. The first-order valence-corrected chi connectivity index (χ1v) is 11.2. The molecule has 5 nitrogen and oxygen atoms in total. The summed E-state index contributed by atoms with van der Waals surface area (Å²) in [6, 6.07) is 18.2. The molecule has 3 rings (SSSR count). The molecule has 0 N–H and O–H groups in total. The van der Waals surface area contributed by atoms with Gasteiger partial charge in [-0.25, -0.2) is 0 Å². The van der Waals surface area contributed by atoms with Gasteiger partial charge in [-0.2, -0.15) is 0 Å². The van der Waals surface area contributed by atoms with Gasteiger partial charge in [0.2, 0.25) is 5.91 Å². The Labute approximate surface area is 198 Å². The number of carbonyl (C=O) groups excluding carboxylic acids is 2. The van der Waals surface area contributed by atoms with Crippen molar-refractivity contribution in [1.82, 2.24) is 9.80 Å². The van der Waals surface area contributed by atoms with Gasteiger partial charge in [-0.05, 0) is 56.2 Å². The first-order valence-electron chi connectivity index (χ1n) is 10.4. The van der Waals surface area contributed by atoms with Crippen molar-refractivity contribution in [3.05, 3.63) is 93.9 Å². The quantitative estimate of drug-likeness (QED) is 0.400. The van der Waals surface area contributed by atoms with E-state index < -0.39 is 0 Å². The van der Waals surface area contributed by atoms with E-state index in [4.69, 9.17) is 27.6 Å². The normalized spacial score (nSPS) is 10.9. The molecule has 2 amide bonds. The summed E-state index contributed by atoms with van der Waals surface area (Å²) in [6.45, 7) is 4.56. The van der Waals surface area contributed by atoms with E-state index in [0.717, 1.165) is 5.56 Å². The summed E-state index contributed by atoms with van der Waals surface area (Å²) in [6.07, 6.45) is 2.29. The Morgan fingerprint density at radius 2 is 1.72 bits per heavy atom. The lowest BCUT2D eigenvalue weighted by molar-refractivity contribution is -0.133. The Morgan fingerprint density at radius 1 is 0.969 bits per heavy atom. The zero-order valence-corrected chi connectivity index (χ0v) is 19.6. The van der Waals surface area contributed by atoms with Crippen molar-refractivity contribution in [3.63, 3.8) is 0 Å². The fourth-order valence-electron chi connectivity index (χ4n) is 3.32. The van der Waals surface area contributed by atoms with Gasteiger partial charge in [0.1, 0.15) is 12.3 Å². The molecular formula is C25H26Cl2N2O3. The summed E-state index contributed by atoms with van der Waals surface area (Å²) in [5.74, 6) is 0.269. The summed E-state index contributed by atoms with van der Waals surface area (Å²) in [5, 5.41) is 0.677. The molecule has 32 heavy (non-hydrogen) atoms. The van der Waals surface area contributed by atoms with E-state index in [0.29, 0.717) is 40.9 Å². The molecule has 0 unspecified atom stereocenters. The van der Waals surface area contributed by atoms with Crippen molar-refractivity contribution in [2.75, 3.05) is 13.1 Å². The number of halogens is 2. The van der Waals surface area contributed by atoms with Crippen molar-refractivity contribution < 1.29 is 14.0 Å². The number of hydrogen-bond acceptors (Lipinski definition) is 3. The summed E-state index contributed by atoms with van der Waals surface area (Å²) >= 11 is 12.1. The van der Waals surface area contributed by atoms with Crippen LogP contribution in [0.15, 0.2) is 71.3 Å². The van der Waals surface area contributed by atoms with Gasteiger partial charge in [0, 0.05) is 18.2 Å². The van der Waals surface area contributed by atoms with E-state index >= 15 is 0 Å². The minimum Gasteiger partial charge on any atom is -0.467 e. The SMILES string of the molecule is CC(C)N(CC(=O)N(CCc1ccccc1)Cc1ccco1)C(=O)c1ccc(Cl)c(Cl)c1. The van der Waals surface area contributed by atoms with Crippen molar-refractivity contribution in [2.24, 2.45) is 0 Å². The molecule has 0 aliphatic heterocycles. The van der Waals surface area contributed by atoms with Crippen LogP contribution in [0.4, 0.5) is 0 Å². The lowest BCUT2D eigenvalue weighted by Crippen LogP contribution is -2.46. The number of carbonyl (C=O) groups is 2. The van der Waals surface area contributed by atoms with E-state index in [2.05, 4.69) is 0 Å². The molecule has 2 aromatic carbocycles. The number of rotatable bonds is 9. The van der Waals surface area contributed by atoms with Crippen LogP contribution < -0.4 is 0 Å². The molecule has 0 fully saturated rings. The number of benzene rings is 2. The van der Waals surface area contributed by atoms with Gasteiger partial charge < -0.3 is 14.2 Å². The highest BCUT2D eigenvalue weighted by Crippen LogP contribution is 2.24. The molecule has 0 aliphatic rings. The molecule has 1 heterocycles. The average Bonchev–Trinajstić information content (AvgIpc) is 3.30. The van der Waals surface area contributed by atoms with Crippen LogP contribution in [0.5, 0.6) is 0 Å². The van der Waals surface area contributed by atoms with Gasteiger partial charge in [-0.15, -0.1) is 0 Å². The van der Waals surface area contributed by atoms with E-state index in [1.165, 1.54) is 6.07 Å². The Hall–Kier alpha value is -2.76. The molecule has 0 radical (unpaired) electrons. The van der Waals surface area contributed by atoms with Crippen molar-refractivity contribution in [1.29, 1.82) is 0 Å². The second kappa shape index (κ2) is 11.2. The maximum atomic E-state index is 13.3. The minimum absolute atomic E-state index is 0.0494. The maximum Gasteiger partial charge on any atom is 0.254 e. The molecule has 1 aromatic heterocycles. The predicted octanol–water partition coefficient (Wildman–Crippen LogP) is 5.71. The number of nitrogens with zero attached hydrogens (tertiary/aromatic N) is 2. The molecule has 3 aromatic rings. The third-order valence-corrected chi connectivity index (χ3v) is 5.89. The van der Waals surface area contributed by atoms with Crippen LogP contribution >= 0.6 is 23.2 Å². The first kappa shape index (κ1) is 23.9. The maximum absolute atomic E-state index is 13.3. The summed E-state index contributed by atoms with van der Waals surface area (Å²) in [4.78, 5) is 29.7. The largest absolute Gasteiger partial charge is 0.467 e. The zero-order valence-electron chi connectivity index (χ0n) is 18.1. The van der Waals surface area contributed by atoms with E-state index in [9.17, 15) is 9.59 Å². The molecule has 0 saturated heterocycles.